The molecule has 0 spiro atoms. The molecular formula is C28H28I2N2O5S. The van der Waals surface area contributed by atoms with Crippen molar-refractivity contribution >= 4 is 68.6 Å². The first kappa shape index (κ1) is 28.8. The van der Waals surface area contributed by atoms with Gasteiger partial charge >= 0.3 is 5.97 Å². The molecule has 2 heterocycles. The number of benzene rings is 2. The van der Waals surface area contributed by atoms with E-state index in [0.717, 1.165) is 24.0 Å². The Kier molecular flexibility index (Phi) is 9.35. The molecular weight excluding hydrogens is 730 g/mol. The maximum Gasteiger partial charge on any atom is 0.338 e. The van der Waals surface area contributed by atoms with Gasteiger partial charge in [0.25, 0.3) is 5.56 Å². The molecule has 7 nitrogen and oxygen atoms in total. The summed E-state index contributed by atoms with van der Waals surface area (Å²) in [5, 5.41) is 0. The lowest BCUT2D eigenvalue weighted by Gasteiger charge is -2.24. The highest BCUT2D eigenvalue weighted by molar-refractivity contribution is 14.1. The normalized spacial score (nSPS) is 15.4. The largest absolute Gasteiger partial charge is 0.494 e. The minimum atomic E-state index is -0.675. The Morgan fingerprint density at radius 2 is 1.87 bits per heavy atom. The van der Waals surface area contributed by atoms with Gasteiger partial charge < -0.3 is 14.2 Å². The third kappa shape index (κ3) is 6.01. The van der Waals surface area contributed by atoms with Crippen LogP contribution >= 0.6 is 56.5 Å². The van der Waals surface area contributed by atoms with Crippen LogP contribution in [0.2, 0.25) is 0 Å². The fourth-order valence-corrected chi connectivity index (χ4v) is 7.26. The number of fused-ring (bicyclic) bond motifs is 1. The molecule has 38 heavy (non-hydrogen) atoms. The Morgan fingerprint density at radius 3 is 2.50 bits per heavy atom. The van der Waals surface area contributed by atoms with Crippen molar-refractivity contribution in [1.82, 2.24) is 4.57 Å². The van der Waals surface area contributed by atoms with E-state index in [1.165, 1.54) is 11.3 Å². The summed E-state index contributed by atoms with van der Waals surface area (Å²) >= 11 is 5.81. The van der Waals surface area contributed by atoms with Gasteiger partial charge in [0.05, 0.1) is 44.7 Å². The maximum absolute atomic E-state index is 13.9. The number of halogens is 2. The average Bonchev–Trinajstić information content (AvgIpc) is 3.15. The molecule has 0 saturated carbocycles. The summed E-state index contributed by atoms with van der Waals surface area (Å²) in [4.78, 5) is 32.2. The van der Waals surface area contributed by atoms with Crippen molar-refractivity contribution in [2.24, 2.45) is 4.99 Å². The van der Waals surface area contributed by atoms with Crippen molar-refractivity contribution in [3.63, 3.8) is 0 Å². The molecule has 0 unspecified atom stereocenters. The molecule has 3 aromatic rings. The lowest BCUT2D eigenvalue weighted by molar-refractivity contribution is -0.139. The number of ether oxygens (including phenoxy) is 3. The first-order chi connectivity index (χ1) is 18.1. The van der Waals surface area contributed by atoms with Crippen LogP contribution in [0.25, 0.3) is 6.08 Å². The number of allylic oxidation sites excluding steroid dienone is 1. The number of hydrogen-bond donors (Lipinski definition) is 0. The standard InChI is InChI=1S/C28H28I2N2O5S/c1-6-35-20-10-8-17(9-11-20)24-23(27(34)36-7-2)16(5)31-28-32(24)26(33)22(38-28)13-18-12-19(29)14-21(30)25(18)37-15(3)4/h8-15,24H,6-7H2,1-5H3/b22-13-/t24-/m1/s1. The van der Waals surface area contributed by atoms with Crippen LogP contribution in [0.3, 0.4) is 0 Å². The van der Waals surface area contributed by atoms with Gasteiger partial charge in [-0.25, -0.2) is 9.79 Å². The van der Waals surface area contributed by atoms with E-state index in [1.807, 2.05) is 63.2 Å². The van der Waals surface area contributed by atoms with Crippen LogP contribution in [0.1, 0.15) is 51.8 Å². The number of hydrogen-bond acceptors (Lipinski definition) is 7. The molecule has 0 amide bonds. The molecule has 4 rings (SSSR count). The zero-order chi connectivity index (χ0) is 27.6. The molecule has 0 fully saturated rings. The molecule has 0 radical (unpaired) electrons. The van der Waals surface area contributed by atoms with Crippen LogP contribution in [-0.2, 0) is 9.53 Å². The molecule has 0 bridgehead atoms. The minimum absolute atomic E-state index is 0.0219. The third-order valence-electron chi connectivity index (χ3n) is 5.70. The highest BCUT2D eigenvalue weighted by Crippen LogP contribution is 2.32. The van der Waals surface area contributed by atoms with E-state index in [-0.39, 0.29) is 18.3 Å². The summed E-state index contributed by atoms with van der Waals surface area (Å²) in [6.45, 7) is 10.2. The Hall–Kier alpha value is -2.19. The van der Waals surface area contributed by atoms with Crippen molar-refractivity contribution in [3.8, 4) is 11.5 Å². The summed E-state index contributed by atoms with van der Waals surface area (Å²) in [5.74, 6) is 0.966. The van der Waals surface area contributed by atoms with Crippen molar-refractivity contribution in [3.05, 3.63) is 85.6 Å². The van der Waals surface area contributed by atoms with Crippen LogP contribution in [0, 0.1) is 7.14 Å². The van der Waals surface area contributed by atoms with Crippen molar-refractivity contribution in [2.75, 3.05) is 13.2 Å². The van der Waals surface area contributed by atoms with E-state index in [9.17, 15) is 9.59 Å². The number of carbonyl (C=O) groups is 1. The second-order valence-electron chi connectivity index (χ2n) is 8.78. The highest BCUT2D eigenvalue weighted by atomic mass is 127. The van der Waals surface area contributed by atoms with E-state index in [4.69, 9.17) is 14.2 Å². The molecule has 0 N–H and O–H groups in total. The fraction of sp³-hybridized carbons (Fsp3) is 0.321. The van der Waals surface area contributed by atoms with Crippen LogP contribution in [0.5, 0.6) is 11.5 Å². The second kappa shape index (κ2) is 12.3. The van der Waals surface area contributed by atoms with Gasteiger partial charge in [-0.2, -0.15) is 0 Å². The summed E-state index contributed by atoms with van der Waals surface area (Å²) in [5.41, 5.74) is 2.24. The number of carbonyl (C=O) groups excluding carboxylic acids is 1. The Morgan fingerprint density at radius 1 is 1.16 bits per heavy atom. The van der Waals surface area contributed by atoms with Gasteiger partial charge in [0.15, 0.2) is 4.80 Å². The molecule has 10 heteroatoms. The fourth-order valence-electron chi connectivity index (χ4n) is 4.21. The average molecular weight is 758 g/mol. The molecule has 0 aliphatic carbocycles. The van der Waals surface area contributed by atoms with Gasteiger partial charge in [-0.3, -0.25) is 9.36 Å². The molecule has 0 saturated heterocycles. The quantitative estimate of drug-likeness (QED) is 0.234. The van der Waals surface area contributed by atoms with Crippen LogP contribution in [-0.4, -0.2) is 29.9 Å². The third-order valence-corrected chi connectivity index (χ3v) is 8.11. The summed E-state index contributed by atoms with van der Waals surface area (Å²) in [6.07, 6.45) is 1.83. The molecule has 1 aliphatic rings. The molecule has 1 aromatic heterocycles. The topological polar surface area (TPSA) is 79.1 Å². The molecule has 200 valence electrons. The van der Waals surface area contributed by atoms with Gasteiger partial charge in [-0.05, 0) is 116 Å². The number of thiazole rings is 1. The van der Waals surface area contributed by atoms with Crippen LogP contribution in [0.15, 0.2) is 57.5 Å². The Labute approximate surface area is 252 Å². The number of esters is 1. The SMILES string of the molecule is CCOC(=O)C1=C(C)N=c2s/c(=C\c3cc(I)cc(I)c3OC(C)C)c(=O)n2[C@@H]1c1ccc(OCC)cc1. The summed E-state index contributed by atoms with van der Waals surface area (Å²) < 4.78 is 21.2. The number of rotatable bonds is 8. The van der Waals surface area contributed by atoms with Crippen LogP contribution < -0.4 is 24.4 Å². The lowest BCUT2D eigenvalue weighted by atomic mass is 9.96. The van der Waals surface area contributed by atoms with E-state index < -0.39 is 12.0 Å². The predicted octanol–water partition coefficient (Wildman–Crippen LogP) is 5.19. The maximum atomic E-state index is 13.9. The number of aromatic nitrogens is 1. The summed E-state index contributed by atoms with van der Waals surface area (Å²) in [6, 6.07) is 10.8. The van der Waals surface area contributed by atoms with Gasteiger partial charge in [-0.1, -0.05) is 23.5 Å². The Bertz CT molecular complexity index is 1570. The van der Waals surface area contributed by atoms with Gasteiger partial charge in [0.2, 0.25) is 0 Å². The van der Waals surface area contributed by atoms with Gasteiger partial charge in [0, 0.05) is 9.13 Å². The van der Waals surface area contributed by atoms with E-state index in [2.05, 4.69) is 50.2 Å². The zero-order valence-electron chi connectivity index (χ0n) is 21.7. The Balaban J connectivity index is 1.94. The highest BCUT2D eigenvalue weighted by Gasteiger charge is 2.33. The van der Waals surface area contributed by atoms with E-state index in [0.29, 0.717) is 33.0 Å². The smallest absolute Gasteiger partial charge is 0.338 e. The second-order valence-corrected chi connectivity index (χ2v) is 12.2. The summed E-state index contributed by atoms with van der Waals surface area (Å²) in [7, 11) is 0. The van der Waals surface area contributed by atoms with Crippen LogP contribution in [0.4, 0.5) is 0 Å². The van der Waals surface area contributed by atoms with E-state index in [1.54, 1.807) is 18.4 Å². The van der Waals surface area contributed by atoms with Crippen molar-refractivity contribution < 1.29 is 19.0 Å². The van der Waals surface area contributed by atoms with Crippen molar-refractivity contribution in [1.29, 1.82) is 0 Å². The molecule has 1 atom stereocenters. The first-order valence-corrected chi connectivity index (χ1v) is 15.2. The van der Waals surface area contributed by atoms with Crippen molar-refractivity contribution in [2.45, 2.75) is 46.8 Å². The number of nitrogens with zero attached hydrogens (tertiary/aromatic N) is 2. The molecule has 1 aliphatic heterocycles. The lowest BCUT2D eigenvalue weighted by Crippen LogP contribution is -2.39. The zero-order valence-corrected chi connectivity index (χ0v) is 26.8. The predicted molar refractivity (Wildman–Crippen MR) is 166 cm³/mol. The van der Waals surface area contributed by atoms with Gasteiger partial charge in [-0.15, -0.1) is 0 Å². The van der Waals surface area contributed by atoms with Gasteiger partial charge in [0.1, 0.15) is 11.5 Å². The molecule has 2 aromatic carbocycles. The first-order valence-electron chi connectivity index (χ1n) is 12.2. The monoisotopic (exact) mass is 758 g/mol. The minimum Gasteiger partial charge on any atom is -0.494 e. The van der Waals surface area contributed by atoms with E-state index >= 15 is 0 Å².